The second kappa shape index (κ2) is 5.43. The molecule has 1 aliphatic rings. The van der Waals surface area contributed by atoms with Crippen LogP contribution in [0.25, 0.3) is 0 Å². The maximum Gasteiger partial charge on any atom is 0.246 e. The molecule has 0 bridgehead atoms. The minimum atomic E-state index is -0.120. The van der Waals surface area contributed by atoms with Crippen LogP contribution in [0.15, 0.2) is 12.7 Å². The lowest BCUT2D eigenvalue weighted by Gasteiger charge is -2.55. The summed E-state index contributed by atoms with van der Waals surface area (Å²) in [5.41, 5.74) is -0.239. The van der Waals surface area contributed by atoms with Gasteiger partial charge in [-0.15, -0.1) is 0 Å². The number of piperidine rings is 1. The summed E-state index contributed by atoms with van der Waals surface area (Å²) in [5, 5.41) is 0. The van der Waals surface area contributed by atoms with E-state index in [1.165, 1.54) is 6.08 Å². The Morgan fingerprint density at radius 1 is 1.33 bits per heavy atom. The average Bonchev–Trinajstić information content (AvgIpc) is 2.22. The van der Waals surface area contributed by atoms with Crippen LogP contribution in [-0.4, -0.2) is 35.6 Å². The highest BCUT2D eigenvalue weighted by Gasteiger charge is 2.46. The van der Waals surface area contributed by atoms with Crippen molar-refractivity contribution in [1.82, 2.24) is 4.90 Å². The van der Waals surface area contributed by atoms with Crippen molar-refractivity contribution in [3.63, 3.8) is 0 Å². The van der Waals surface area contributed by atoms with E-state index in [1.807, 2.05) is 4.90 Å². The summed E-state index contributed by atoms with van der Waals surface area (Å²) < 4.78 is 5.18. The van der Waals surface area contributed by atoms with Crippen molar-refractivity contribution in [1.29, 1.82) is 0 Å². The molecule has 0 saturated carbocycles. The highest BCUT2D eigenvalue weighted by molar-refractivity contribution is 5.88. The molecule has 3 heteroatoms. The Balaban J connectivity index is 2.91. The summed E-state index contributed by atoms with van der Waals surface area (Å²) in [6.07, 6.45) is 4.55. The first-order valence-electron chi connectivity index (χ1n) is 6.70. The summed E-state index contributed by atoms with van der Waals surface area (Å²) >= 11 is 0. The molecule has 0 radical (unpaired) electrons. The molecule has 1 amide bonds. The highest BCUT2D eigenvalue weighted by atomic mass is 16.5. The Bertz CT molecular complexity index is 302. The lowest BCUT2D eigenvalue weighted by Crippen LogP contribution is -2.62. The first kappa shape index (κ1) is 15.2. The number of rotatable bonds is 4. The number of carbonyl (C=O) groups excluding carboxylic acids is 1. The number of nitrogens with zero attached hydrogens (tertiary/aromatic N) is 1. The van der Waals surface area contributed by atoms with Gasteiger partial charge in [-0.2, -0.15) is 0 Å². The molecule has 0 aliphatic carbocycles. The Morgan fingerprint density at radius 2 is 1.83 bits per heavy atom. The van der Waals surface area contributed by atoms with Gasteiger partial charge in [0.15, 0.2) is 0 Å². The van der Waals surface area contributed by atoms with Crippen molar-refractivity contribution in [2.45, 2.75) is 58.0 Å². The van der Waals surface area contributed by atoms with Gasteiger partial charge in [0, 0.05) is 24.8 Å². The molecule has 0 aromatic carbocycles. The fourth-order valence-corrected chi connectivity index (χ4v) is 3.66. The van der Waals surface area contributed by atoms with E-state index in [9.17, 15) is 4.79 Å². The van der Waals surface area contributed by atoms with E-state index >= 15 is 0 Å². The molecule has 1 rings (SSSR count). The topological polar surface area (TPSA) is 29.5 Å². The van der Waals surface area contributed by atoms with E-state index in [0.29, 0.717) is 5.92 Å². The summed E-state index contributed by atoms with van der Waals surface area (Å²) in [5.74, 6) is 0.652. The summed E-state index contributed by atoms with van der Waals surface area (Å²) in [7, 11) is 1.74. The number of ether oxygens (including phenoxy) is 1. The standard InChI is InChI=1S/C15H27NO2/c1-7-13(17)16-14(2,3)10-12(8-9-18-6)11-15(16,4)5/h7,12H,1,8-11H2,2-6H3. The van der Waals surface area contributed by atoms with Crippen molar-refractivity contribution in [2.24, 2.45) is 5.92 Å². The molecule has 0 atom stereocenters. The van der Waals surface area contributed by atoms with E-state index in [2.05, 4.69) is 34.3 Å². The van der Waals surface area contributed by atoms with Crippen LogP contribution in [0.1, 0.15) is 47.0 Å². The normalized spacial score (nSPS) is 22.8. The molecular formula is C15H27NO2. The molecule has 1 aliphatic heterocycles. The predicted molar refractivity (Wildman–Crippen MR) is 74.4 cm³/mol. The number of hydrogen-bond donors (Lipinski definition) is 0. The van der Waals surface area contributed by atoms with Crippen LogP contribution in [0.2, 0.25) is 0 Å². The number of likely N-dealkylation sites (tertiary alicyclic amines) is 1. The molecule has 0 N–H and O–H groups in total. The van der Waals surface area contributed by atoms with Crippen LogP contribution in [0.3, 0.4) is 0 Å². The zero-order valence-electron chi connectivity index (χ0n) is 12.5. The maximum atomic E-state index is 12.1. The molecule has 0 aromatic rings. The lowest BCUT2D eigenvalue weighted by atomic mass is 9.72. The van der Waals surface area contributed by atoms with Crippen molar-refractivity contribution in [3.05, 3.63) is 12.7 Å². The summed E-state index contributed by atoms with van der Waals surface area (Å²) in [6.45, 7) is 13.0. The smallest absolute Gasteiger partial charge is 0.246 e. The molecule has 0 unspecified atom stereocenters. The van der Waals surface area contributed by atoms with Gasteiger partial charge in [0.2, 0.25) is 5.91 Å². The fourth-order valence-electron chi connectivity index (χ4n) is 3.66. The number of carbonyl (C=O) groups is 1. The van der Waals surface area contributed by atoms with Crippen molar-refractivity contribution in [2.75, 3.05) is 13.7 Å². The molecule has 0 aromatic heterocycles. The summed E-state index contributed by atoms with van der Waals surface area (Å²) in [4.78, 5) is 14.1. The minimum Gasteiger partial charge on any atom is -0.385 e. The lowest BCUT2D eigenvalue weighted by molar-refractivity contribution is -0.146. The second-order valence-corrected chi connectivity index (χ2v) is 6.56. The molecule has 0 spiro atoms. The van der Waals surface area contributed by atoms with E-state index in [4.69, 9.17) is 4.74 Å². The van der Waals surface area contributed by atoms with Crippen LogP contribution < -0.4 is 0 Å². The Morgan fingerprint density at radius 3 is 2.22 bits per heavy atom. The van der Waals surface area contributed by atoms with Crippen molar-refractivity contribution in [3.8, 4) is 0 Å². The number of amides is 1. The van der Waals surface area contributed by atoms with Crippen molar-refractivity contribution < 1.29 is 9.53 Å². The van der Waals surface area contributed by atoms with Crippen LogP contribution in [0.4, 0.5) is 0 Å². The van der Waals surface area contributed by atoms with Gasteiger partial charge < -0.3 is 9.64 Å². The van der Waals surface area contributed by atoms with Gasteiger partial charge in [-0.1, -0.05) is 6.58 Å². The number of hydrogen-bond acceptors (Lipinski definition) is 2. The maximum absolute atomic E-state index is 12.1. The first-order chi connectivity index (χ1) is 8.24. The highest BCUT2D eigenvalue weighted by Crippen LogP contribution is 2.42. The Labute approximate surface area is 111 Å². The average molecular weight is 253 g/mol. The molecule has 1 heterocycles. The molecular weight excluding hydrogens is 226 g/mol. The van der Waals surface area contributed by atoms with E-state index in [0.717, 1.165) is 25.9 Å². The van der Waals surface area contributed by atoms with Crippen LogP contribution >= 0.6 is 0 Å². The van der Waals surface area contributed by atoms with Gasteiger partial charge in [-0.05, 0) is 59.0 Å². The van der Waals surface area contributed by atoms with E-state index in [-0.39, 0.29) is 17.0 Å². The van der Waals surface area contributed by atoms with E-state index in [1.54, 1.807) is 7.11 Å². The fraction of sp³-hybridized carbons (Fsp3) is 0.800. The van der Waals surface area contributed by atoms with Crippen LogP contribution in [-0.2, 0) is 9.53 Å². The summed E-state index contributed by atoms with van der Waals surface area (Å²) in [6, 6.07) is 0. The minimum absolute atomic E-state index is 0.0372. The quantitative estimate of drug-likeness (QED) is 0.721. The molecule has 18 heavy (non-hydrogen) atoms. The number of methoxy groups -OCH3 is 1. The largest absolute Gasteiger partial charge is 0.385 e. The van der Waals surface area contributed by atoms with Gasteiger partial charge >= 0.3 is 0 Å². The SMILES string of the molecule is C=CC(=O)N1C(C)(C)CC(CCOC)CC1(C)C. The third-order valence-electron chi connectivity index (χ3n) is 3.91. The van der Waals surface area contributed by atoms with Gasteiger partial charge in [-0.3, -0.25) is 4.79 Å². The molecule has 1 saturated heterocycles. The molecule has 1 fully saturated rings. The van der Waals surface area contributed by atoms with Crippen LogP contribution in [0.5, 0.6) is 0 Å². The first-order valence-corrected chi connectivity index (χ1v) is 6.70. The molecule has 104 valence electrons. The van der Waals surface area contributed by atoms with Gasteiger partial charge in [0.25, 0.3) is 0 Å². The van der Waals surface area contributed by atoms with Crippen molar-refractivity contribution >= 4 is 5.91 Å². The zero-order valence-corrected chi connectivity index (χ0v) is 12.5. The monoisotopic (exact) mass is 253 g/mol. The van der Waals surface area contributed by atoms with Gasteiger partial charge in [0.1, 0.15) is 0 Å². The third-order valence-corrected chi connectivity index (χ3v) is 3.91. The second-order valence-electron chi connectivity index (χ2n) is 6.56. The third kappa shape index (κ3) is 3.14. The Hall–Kier alpha value is -0.830. The molecule has 3 nitrogen and oxygen atoms in total. The van der Waals surface area contributed by atoms with Crippen LogP contribution in [0, 0.1) is 5.92 Å². The Kier molecular flexibility index (Phi) is 4.60. The van der Waals surface area contributed by atoms with Gasteiger partial charge in [-0.25, -0.2) is 0 Å². The van der Waals surface area contributed by atoms with E-state index < -0.39 is 0 Å². The van der Waals surface area contributed by atoms with Gasteiger partial charge in [0.05, 0.1) is 0 Å². The predicted octanol–water partition coefficient (Wildman–Crippen LogP) is 3.00. The zero-order chi connectivity index (χ0) is 14.0.